The highest BCUT2D eigenvalue weighted by molar-refractivity contribution is 5.89. The van der Waals surface area contributed by atoms with Gasteiger partial charge in [-0.2, -0.15) is 0 Å². The molecular weight excluding hydrogens is 221 g/mol. The molecule has 84 valence electrons. The Balaban J connectivity index is 0.00000196. The quantitative estimate of drug-likeness (QED) is 0.811. The van der Waals surface area contributed by atoms with E-state index in [0.717, 1.165) is 0 Å². The smallest absolute Gasteiger partial charge is 0.337 e. The van der Waals surface area contributed by atoms with Gasteiger partial charge in [-0.15, -0.1) is 12.4 Å². The standard InChI is InChI=1S/C10H12FNO2.ClH/c1-14-10(13)8-4-2-7(3-5-8)9(12)6-11;/h2-5,9H,6,12H2,1H3;1H/t9-;/m0./s1. The first-order chi connectivity index (χ1) is 6.69. The Hall–Kier alpha value is -1.13. The minimum Gasteiger partial charge on any atom is -0.465 e. The number of alkyl halides is 1. The average Bonchev–Trinajstić information content (AvgIpc) is 2.27. The molecule has 0 aliphatic rings. The van der Waals surface area contributed by atoms with Crippen molar-refractivity contribution in [1.82, 2.24) is 0 Å². The van der Waals surface area contributed by atoms with Gasteiger partial charge in [0.15, 0.2) is 0 Å². The van der Waals surface area contributed by atoms with Crippen molar-refractivity contribution in [2.75, 3.05) is 13.8 Å². The van der Waals surface area contributed by atoms with Crippen molar-refractivity contribution in [3.8, 4) is 0 Å². The molecule has 0 saturated carbocycles. The number of rotatable bonds is 3. The number of benzene rings is 1. The van der Waals surface area contributed by atoms with E-state index in [0.29, 0.717) is 11.1 Å². The summed E-state index contributed by atoms with van der Waals surface area (Å²) in [6.07, 6.45) is 0. The molecular formula is C10H13ClFNO2. The van der Waals surface area contributed by atoms with Gasteiger partial charge in [-0.1, -0.05) is 12.1 Å². The van der Waals surface area contributed by atoms with Gasteiger partial charge in [0.05, 0.1) is 18.7 Å². The fourth-order valence-corrected chi connectivity index (χ4v) is 1.07. The van der Waals surface area contributed by atoms with Crippen LogP contribution in [0.25, 0.3) is 0 Å². The van der Waals surface area contributed by atoms with Crippen LogP contribution in [0.15, 0.2) is 24.3 Å². The maximum Gasteiger partial charge on any atom is 0.337 e. The summed E-state index contributed by atoms with van der Waals surface area (Å²) in [4.78, 5) is 11.0. The molecule has 15 heavy (non-hydrogen) atoms. The molecule has 1 atom stereocenters. The molecule has 0 spiro atoms. The summed E-state index contributed by atoms with van der Waals surface area (Å²) in [7, 11) is 1.31. The van der Waals surface area contributed by atoms with Crippen molar-refractivity contribution < 1.29 is 13.9 Å². The first-order valence-corrected chi connectivity index (χ1v) is 4.19. The lowest BCUT2D eigenvalue weighted by Gasteiger charge is -2.07. The molecule has 1 aromatic carbocycles. The lowest BCUT2D eigenvalue weighted by atomic mass is 10.1. The molecule has 0 radical (unpaired) electrons. The molecule has 1 rings (SSSR count). The van der Waals surface area contributed by atoms with Crippen LogP contribution in [0, 0.1) is 0 Å². The highest BCUT2D eigenvalue weighted by atomic mass is 35.5. The molecule has 5 heteroatoms. The van der Waals surface area contributed by atoms with Gasteiger partial charge in [-0.25, -0.2) is 9.18 Å². The molecule has 0 amide bonds. The second-order valence-electron chi connectivity index (χ2n) is 2.87. The highest BCUT2D eigenvalue weighted by Crippen LogP contribution is 2.12. The van der Waals surface area contributed by atoms with Crippen molar-refractivity contribution in [1.29, 1.82) is 0 Å². The third-order valence-corrected chi connectivity index (χ3v) is 1.93. The third-order valence-electron chi connectivity index (χ3n) is 1.93. The van der Waals surface area contributed by atoms with Crippen molar-refractivity contribution >= 4 is 18.4 Å². The SMILES string of the molecule is COC(=O)c1ccc([C@@H](N)CF)cc1.Cl. The first-order valence-electron chi connectivity index (χ1n) is 4.19. The van der Waals surface area contributed by atoms with Gasteiger partial charge >= 0.3 is 5.97 Å². The van der Waals surface area contributed by atoms with E-state index in [1.807, 2.05) is 0 Å². The summed E-state index contributed by atoms with van der Waals surface area (Å²) in [5.41, 5.74) is 6.56. The normalized spacial score (nSPS) is 11.4. The van der Waals surface area contributed by atoms with Crippen LogP contribution in [0.2, 0.25) is 0 Å². The Kier molecular flexibility index (Phi) is 5.89. The summed E-state index contributed by atoms with van der Waals surface area (Å²) in [5.74, 6) is -0.412. The van der Waals surface area contributed by atoms with Crippen LogP contribution in [0.3, 0.4) is 0 Å². The van der Waals surface area contributed by atoms with Crippen LogP contribution in [-0.4, -0.2) is 19.8 Å². The number of hydrogen-bond donors (Lipinski definition) is 1. The van der Waals surface area contributed by atoms with E-state index in [-0.39, 0.29) is 12.4 Å². The van der Waals surface area contributed by atoms with Crippen LogP contribution in [0.1, 0.15) is 22.0 Å². The number of nitrogens with two attached hydrogens (primary N) is 1. The second kappa shape index (κ2) is 6.37. The Labute approximate surface area is 93.8 Å². The Bertz CT molecular complexity index is 316. The summed E-state index contributed by atoms with van der Waals surface area (Å²) in [5, 5.41) is 0. The monoisotopic (exact) mass is 233 g/mol. The lowest BCUT2D eigenvalue weighted by Crippen LogP contribution is -2.12. The average molecular weight is 234 g/mol. The second-order valence-corrected chi connectivity index (χ2v) is 2.87. The van der Waals surface area contributed by atoms with E-state index in [4.69, 9.17) is 5.73 Å². The summed E-state index contributed by atoms with van der Waals surface area (Å²) in [6, 6.07) is 5.75. The number of esters is 1. The van der Waals surface area contributed by atoms with Gasteiger partial charge in [0, 0.05) is 0 Å². The summed E-state index contributed by atoms with van der Waals surface area (Å²) < 4.78 is 16.7. The molecule has 0 unspecified atom stereocenters. The number of carbonyl (C=O) groups excluding carboxylic acids is 1. The zero-order valence-corrected chi connectivity index (χ0v) is 9.09. The maximum atomic E-state index is 12.2. The minimum atomic E-state index is -0.623. The predicted octanol–water partition coefficient (Wildman–Crippen LogP) is 1.86. The van der Waals surface area contributed by atoms with E-state index in [9.17, 15) is 9.18 Å². The minimum absolute atomic E-state index is 0. The number of ether oxygens (including phenoxy) is 1. The van der Waals surface area contributed by atoms with E-state index in [2.05, 4.69) is 4.74 Å². The zero-order valence-electron chi connectivity index (χ0n) is 8.27. The Morgan fingerprint density at radius 2 is 2.00 bits per heavy atom. The number of methoxy groups -OCH3 is 1. The van der Waals surface area contributed by atoms with Gasteiger partial charge < -0.3 is 10.5 Å². The Morgan fingerprint density at radius 1 is 1.47 bits per heavy atom. The van der Waals surface area contributed by atoms with Gasteiger partial charge in [0.25, 0.3) is 0 Å². The molecule has 3 nitrogen and oxygen atoms in total. The van der Waals surface area contributed by atoms with Crippen molar-refractivity contribution in [2.45, 2.75) is 6.04 Å². The molecule has 2 N–H and O–H groups in total. The van der Waals surface area contributed by atoms with E-state index < -0.39 is 18.7 Å². The topological polar surface area (TPSA) is 52.3 Å². The Morgan fingerprint density at radius 3 is 2.40 bits per heavy atom. The van der Waals surface area contributed by atoms with Crippen LogP contribution in [0.4, 0.5) is 4.39 Å². The van der Waals surface area contributed by atoms with Crippen LogP contribution < -0.4 is 5.73 Å². The molecule has 0 saturated heterocycles. The number of halogens is 2. The molecule has 0 aromatic heterocycles. The van der Waals surface area contributed by atoms with Crippen molar-refractivity contribution in [2.24, 2.45) is 5.73 Å². The van der Waals surface area contributed by atoms with E-state index >= 15 is 0 Å². The zero-order chi connectivity index (χ0) is 10.6. The van der Waals surface area contributed by atoms with E-state index in [1.165, 1.54) is 7.11 Å². The van der Waals surface area contributed by atoms with Gasteiger partial charge in [0.2, 0.25) is 0 Å². The number of hydrogen-bond acceptors (Lipinski definition) is 3. The molecule has 0 heterocycles. The van der Waals surface area contributed by atoms with Crippen LogP contribution >= 0.6 is 12.4 Å². The molecule has 0 fully saturated rings. The van der Waals surface area contributed by atoms with Crippen molar-refractivity contribution in [3.63, 3.8) is 0 Å². The highest BCUT2D eigenvalue weighted by Gasteiger charge is 2.07. The third kappa shape index (κ3) is 3.49. The van der Waals surface area contributed by atoms with Gasteiger partial charge in [0.1, 0.15) is 6.67 Å². The van der Waals surface area contributed by atoms with Crippen LogP contribution in [0.5, 0.6) is 0 Å². The fraction of sp³-hybridized carbons (Fsp3) is 0.300. The lowest BCUT2D eigenvalue weighted by molar-refractivity contribution is 0.0600. The number of carbonyl (C=O) groups is 1. The molecule has 0 bridgehead atoms. The molecule has 0 aliphatic carbocycles. The summed E-state index contributed by atoms with van der Waals surface area (Å²) in [6.45, 7) is -0.614. The largest absolute Gasteiger partial charge is 0.465 e. The van der Waals surface area contributed by atoms with E-state index in [1.54, 1.807) is 24.3 Å². The van der Waals surface area contributed by atoms with Gasteiger partial charge in [-0.05, 0) is 17.7 Å². The molecule has 0 aliphatic heterocycles. The fourth-order valence-electron chi connectivity index (χ4n) is 1.07. The predicted molar refractivity (Wildman–Crippen MR) is 57.9 cm³/mol. The summed E-state index contributed by atoms with van der Waals surface area (Å²) >= 11 is 0. The molecule has 1 aromatic rings. The van der Waals surface area contributed by atoms with Crippen LogP contribution in [-0.2, 0) is 4.74 Å². The first kappa shape index (κ1) is 13.9. The van der Waals surface area contributed by atoms with Crippen molar-refractivity contribution in [3.05, 3.63) is 35.4 Å². The van der Waals surface area contributed by atoms with Gasteiger partial charge in [-0.3, -0.25) is 0 Å². The maximum absolute atomic E-state index is 12.2.